The molecule has 0 aliphatic carbocycles. The normalized spacial score (nSPS) is 12.4. The van der Waals surface area contributed by atoms with E-state index in [4.69, 9.17) is 9.47 Å². The summed E-state index contributed by atoms with van der Waals surface area (Å²) in [6.07, 6.45) is 0.800. The molecule has 24 heavy (non-hydrogen) atoms. The Morgan fingerprint density at radius 3 is 2.38 bits per heavy atom. The van der Waals surface area contributed by atoms with E-state index < -0.39 is 11.7 Å². The highest BCUT2D eigenvalue weighted by molar-refractivity contribution is 9.10. The Bertz CT molecular complexity index is 537. The standard InChI is InChI=1S/C18H26BrNO4/c1-5-23-16(21)15(13-8-10-14(19)11-9-13)7-6-12-20-17(22)24-18(2,3)4/h8-11,15H,5-7,12H2,1-4H3,(H,20,22). The van der Waals surface area contributed by atoms with Gasteiger partial charge in [0.15, 0.2) is 0 Å². The first-order valence-corrected chi connectivity index (χ1v) is 8.91. The lowest BCUT2D eigenvalue weighted by Gasteiger charge is -2.20. The van der Waals surface area contributed by atoms with Crippen molar-refractivity contribution >= 4 is 28.0 Å². The highest BCUT2D eigenvalue weighted by atomic mass is 79.9. The molecule has 0 radical (unpaired) electrons. The number of benzene rings is 1. The monoisotopic (exact) mass is 399 g/mol. The van der Waals surface area contributed by atoms with Gasteiger partial charge in [0.05, 0.1) is 12.5 Å². The average Bonchev–Trinajstić information content (AvgIpc) is 2.47. The Hall–Kier alpha value is -1.56. The number of ether oxygens (including phenoxy) is 2. The van der Waals surface area contributed by atoms with Crippen molar-refractivity contribution in [2.24, 2.45) is 0 Å². The van der Waals surface area contributed by atoms with Crippen molar-refractivity contribution in [2.45, 2.75) is 52.1 Å². The number of nitrogens with one attached hydrogen (secondary N) is 1. The fraction of sp³-hybridized carbons (Fsp3) is 0.556. The molecule has 1 atom stereocenters. The van der Waals surface area contributed by atoms with Crippen molar-refractivity contribution in [3.05, 3.63) is 34.3 Å². The van der Waals surface area contributed by atoms with Gasteiger partial charge in [-0.1, -0.05) is 28.1 Å². The van der Waals surface area contributed by atoms with Crippen LogP contribution in [0.5, 0.6) is 0 Å². The van der Waals surface area contributed by atoms with Gasteiger partial charge in [0.2, 0.25) is 0 Å². The quantitative estimate of drug-likeness (QED) is 0.544. The smallest absolute Gasteiger partial charge is 0.407 e. The minimum atomic E-state index is -0.519. The van der Waals surface area contributed by atoms with Crippen molar-refractivity contribution in [3.8, 4) is 0 Å². The summed E-state index contributed by atoms with van der Waals surface area (Å²) in [5.74, 6) is -0.574. The van der Waals surface area contributed by atoms with Gasteiger partial charge in [0.25, 0.3) is 0 Å². The maximum absolute atomic E-state index is 12.2. The maximum atomic E-state index is 12.2. The highest BCUT2D eigenvalue weighted by Crippen LogP contribution is 2.24. The summed E-state index contributed by atoms with van der Waals surface area (Å²) < 4.78 is 11.3. The Kier molecular flexibility index (Phi) is 8.25. The van der Waals surface area contributed by atoms with E-state index >= 15 is 0 Å². The number of esters is 1. The zero-order valence-corrected chi connectivity index (χ0v) is 16.3. The van der Waals surface area contributed by atoms with Crippen LogP contribution < -0.4 is 5.32 Å². The van der Waals surface area contributed by atoms with E-state index in [1.54, 1.807) is 6.92 Å². The molecule has 0 aromatic heterocycles. The zero-order valence-electron chi connectivity index (χ0n) is 14.7. The molecule has 0 saturated carbocycles. The van der Waals surface area contributed by atoms with Crippen molar-refractivity contribution in [3.63, 3.8) is 0 Å². The SMILES string of the molecule is CCOC(=O)C(CCCNC(=O)OC(C)(C)C)c1ccc(Br)cc1. The van der Waals surface area contributed by atoms with Crippen LogP contribution in [0.4, 0.5) is 4.79 Å². The number of carbonyl (C=O) groups excluding carboxylic acids is 2. The number of carbonyl (C=O) groups is 2. The Labute approximate surface area is 152 Å². The van der Waals surface area contributed by atoms with Gasteiger partial charge in [-0.15, -0.1) is 0 Å². The van der Waals surface area contributed by atoms with Crippen molar-refractivity contribution in [1.29, 1.82) is 0 Å². The van der Waals surface area contributed by atoms with Crippen LogP contribution in [-0.4, -0.2) is 30.8 Å². The van der Waals surface area contributed by atoms with Crippen LogP contribution in [0.25, 0.3) is 0 Å². The number of amides is 1. The fourth-order valence-electron chi connectivity index (χ4n) is 2.17. The number of rotatable bonds is 7. The van der Waals surface area contributed by atoms with Gasteiger partial charge in [0, 0.05) is 11.0 Å². The molecule has 6 heteroatoms. The summed E-state index contributed by atoms with van der Waals surface area (Å²) >= 11 is 3.39. The fourth-order valence-corrected chi connectivity index (χ4v) is 2.43. The molecule has 1 amide bonds. The molecular formula is C18H26BrNO4. The second-order valence-corrected chi connectivity index (χ2v) is 7.34. The average molecular weight is 400 g/mol. The summed E-state index contributed by atoms with van der Waals surface area (Å²) in [7, 11) is 0. The van der Waals surface area contributed by atoms with Crippen molar-refractivity contribution in [1.82, 2.24) is 5.32 Å². The molecule has 1 rings (SSSR count). The largest absolute Gasteiger partial charge is 0.466 e. The molecule has 0 aliphatic rings. The second kappa shape index (κ2) is 9.67. The van der Waals surface area contributed by atoms with Gasteiger partial charge < -0.3 is 14.8 Å². The number of hydrogen-bond acceptors (Lipinski definition) is 4. The lowest BCUT2D eigenvalue weighted by Crippen LogP contribution is -2.33. The summed E-state index contributed by atoms with van der Waals surface area (Å²) in [4.78, 5) is 23.8. The van der Waals surface area contributed by atoms with Crippen molar-refractivity contribution in [2.75, 3.05) is 13.2 Å². The highest BCUT2D eigenvalue weighted by Gasteiger charge is 2.22. The molecule has 1 aromatic rings. The van der Waals surface area contributed by atoms with Crippen LogP contribution >= 0.6 is 15.9 Å². The predicted octanol–water partition coefficient (Wildman–Crippen LogP) is 4.40. The van der Waals surface area contributed by atoms with Crippen LogP contribution in [0.15, 0.2) is 28.7 Å². The third-order valence-corrected chi connectivity index (χ3v) is 3.71. The van der Waals surface area contributed by atoms with Crippen LogP contribution in [0.1, 0.15) is 52.0 Å². The number of halogens is 1. The first-order chi connectivity index (χ1) is 11.2. The molecule has 1 N–H and O–H groups in total. The molecule has 0 fully saturated rings. The summed E-state index contributed by atoms with van der Waals surface area (Å²) in [6, 6.07) is 7.63. The third kappa shape index (κ3) is 7.81. The first kappa shape index (κ1) is 20.5. The van der Waals surface area contributed by atoms with Crippen LogP contribution in [0.2, 0.25) is 0 Å². The molecule has 0 bridgehead atoms. The second-order valence-electron chi connectivity index (χ2n) is 6.43. The Morgan fingerprint density at radius 2 is 1.83 bits per heavy atom. The van der Waals surface area contributed by atoms with Gasteiger partial charge in [-0.25, -0.2) is 4.79 Å². The minimum Gasteiger partial charge on any atom is -0.466 e. The third-order valence-electron chi connectivity index (χ3n) is 3.18. The van der Waals surface area contributed by atoms with Gasteiger partial charge in [-0.3, -0.25) is 4.79 Å². The van der Waals surface area contributed by atoms with E-state index in [0.29, 0.717) is 26.0 Å². The molecule has 0 spiro atoms. The van der Waals surface area contributed by atoms with Gasteiger partial charge in [-0.2, -0.15) is 0 Å². The van der Waals surface area contributed by atoms with Gasteiger partial charge in [0.1, 0.15) is 5.60 Å². The van der Waals surface area contributed by atoms with E-state index in [9.17, 15) is 9.59 Å². The topological polar surface area (TPSA) is 64.6 Å². The molecule has 0 aliphatic heterocycles. The van der Waals surface area contributed by atoms with Crippen molar-refractivity contribution < 1.29 is 19.1 Å². The van der Waals surface area contributed by atoms with E-state index in [-0.39, 0.29) is 11.9 Å². The minimum absolute atomic E-state index is 0.239. The summed E-state index contributed by atoms with van der Waals surface area (Å²) in [6.45, 7) is 8.04. The molecular weight excluding hydrogens is 374 g/mol. The lowest BCUT2D eigenvalue weighted by molar-refractivity contribution is -0.145. The van der Waals surface area contributed by atoms with E-state index in [2.05, 4.69) is 21.2 Å². The molecule has 0 saturated heterocycles. The maximum Gasteiger partial charge on any atom is 0.407 e. The molecule has 1 aromatic carbocycles. The zero-order chi connectivity index (χ0) is 18.2. The van der Waals surface area contributed by atoms with E-state index in [1.807, 2.05) is 45.0 Å². The molecule has 0 heterocycles. The van der Waals surface area contributed by atoms with E-state index in [0.717, 1.165) is 10.0 Å². The predicted molar refractivity (Wildman–Crippen MR) is 97.0 cm³/mol. The Balaban J connectivity index is 2.56. The number of alkyl carbamates (subject to hydrolysis) is 1. The molecule has 5 nitrogen and oxygen atoms in total. The first-order valence-electron chi connectivity index (χ1n) is 8.12. The lowest BCUT2D eigenvalue weighted by atomic mass is 9.94. The Morgan fingerprint density at radius 1 is 1.21 bits per heavy atom. The summed E-state index contributed by atoms with van der Waals surface area (Å²) in [5.41, 5.74) is 0.392. The van der Waals surface area contributed by atoms with Gasteiger partial charge >= 0.3 is 12.1 Å². The molecule has 134 valence electrons. The number of hydrogen-bond donors (Lipinski definition) is 1. The molecule has 1 unspecified atom stereocenters. The summed E-state index contributed by atoms with van der Waals surface area (Å²) in [5, 5.41) is 2.71. The van der Waals surface area contributed by atoms with Crippen LogP contribution in [0.3, 0.4) is 0 Å². The van der Waals surface area contributed by atoms with Crippen LogP contribution in [-0.2, 0) is 14.3 Å². The van der Waals surface area contributed by atoms with E-state index in [1.165, 1.54) is 0 Å². The van der Waals surface area contributed by atoms with Crippen LogP contribution in [0, 0.1) is 0 Å². The van der Waals surface area contributed by atoms with Gasteiger partial charge in [-0.05, 0) is 58.2 Å².